The number of carbonyl (C=O) groups excluding carboxylic acids is 1. The normalized spacial score (nSPS) is 10.5. The second-order valence-corrected chi connectivity index (χ2v) is 5.30. The summed E-state index contributed by atoms with van der Waals surface area (Å²) >= 11 is 0. The van der Waals surface area contributed by atoms with E-state index in [1.54, 1.807) is 29.4 Å². The summed E-state index contributed by atoms with van der Waals surface area (Å²) in [6.07, 6.45) is 4.01. The maximum Gasteiger partial charge on any atom is 0.254 e. The predicted molar refractivity (Wildman–Crippen MR) is 84.4 cm³/mol. The molecule has 0 aromatic carbocycles. The standard InChI is InChI=1S/C17H21N3O2/c1-13-9-16(10-14(2)19-13)17(22)20(7-4-8-21)12-15-5-3-6-18-11-15/h3,5-6,9-11,21H,4,7-8,12H2,1-2H3. The van der Waals surface area contributed by atoms with Gasteiger partial charge >= 0.3 is 0 Å². The Morgan fingerprint density at radius 1 is 1.27 bits per heavy atom. The molecule has 0 aliphatic heterocycles. The van der Waals surface area contributed by atoms with Crippen LogP contribution in [0.3, 0.4) is 0 Å². The lowest BCUT2D eigenvalue weighted by atomic mass is 10.1. The van der Waals surface area contributed by atoms with Gasteiger partial charge in [0.25, 0.3) is 5.91 Å². The molecule has 2 aromatic rings. The van der Waals surface area contributed by atoms with Crippen molar-refractivity contribution in [3.8, 4) is 0 Å². The molecule has 0 unspecified atom stereocenters. The van der Waals surface area contributed by atoms with Crippen molar-refractivity contribution >= 4 is 5.91 Å². The van der Waals surface area contributed by atoms with Crippen molar-refractivity contribution in [1.29, 1.82) is 0 Å². The van der Waals surface area contributed by atoms with Crippen LogP contribution < -0.4 is 0 Å². The molecule has 2 heterocycles. The molecule has 116 valence electrons. The van der Waals surface area contributed by atoms with E-state index in [1.807, 2.05) is 26.0 Å². The molecule has 0 atom stereocenters. The van der Waals surface area contributed by atoms with E-state index in [2.05, 4.69) is 9.97 Å². The Balaban J connectivity index is 2.21. The summed E-state index contributed by atoms with van der Waals surface area (Å²) in [4.78, 5) is 22.9. The van der Waals surface area contributed by atoms with Gasteiger partial charge in [0.15, 0.2) is 0 Å². The van der Waals surface area contributed by atoms with E-state index in [9.17, 15) is 4.79 Å². The van der Waals surface area contributed by atoms with Gasteiger partial charge in [0.1, 0.15) is 0 Å². The van der Waals surface area contributed by atoms with Crippen LogP contribution in [-0.2, 0) is 6.54 Å². The Morgan fingerprint density at radius 2 is 2.00 bits per heavy atom. The summed E-state index contributed by atoms with van der Waals surface area (Å²) in [7, 11) is 0. The van der Waals surface area contributed by atoms with Crippen molar-refractivity contribution < 1.29 is 9.90 Å². The van der Waals surface area contributed by atoms with E-state index in [4.69, 9.17) is 5.11 Å². The zero-order valence-electron chi connectivity index (χ0n) is 13.0. The fourth-order valence-corrected chi connectivity index (χ4v) is 2.37. The van der Waals surface area contributed by atoms with Gasteiger partial charge in [-0.25, -0.2) is 0 Å². The smallest absolute Gasteiger partial charge is 0.254 e. The number of nitrogens with zero attached hydrogens (tertiary/aromatic N) is 3. The molecule has 0 aliphatic carbocycles. The summed E-state index contributed by atoms with van der Waals surface area (Å²) in [6, 6.07) is 7.38. The first-order valence-electron chi connectivity index (χ1n) is 7.34. The zero-order chi connectivity index (χ0) is 15.9. The minimum Gasteiger partial charge on any atom is -0.396 e. The number of pyridine rings is 2. The van der Waals surface area contributed by atoms with Gasteiger partial charge in [0.2, 0.25) is 0 Å². The molecular formula is C17H21N3O2. The van der Waals surface area contributed by atoms with E-state index in [0.717, 1.165) is 17.0 Å². The molecule has 5 heteroatoms. The van der Waals surface area contributed by atoms with E-state index in [0.29, 0.717) is 25.1 Å². The third-order valence-electron chi connectivity index (χ3n) is 3.30. The minimum absolute atomic E-state index is 0.0501. The first-order valence-corrected chi connectivity index (χ1v) is 7.34. The van der Waals surface area contributed by atoms with Gasteiger partial charge in [-0.3, -0.25) is 14.8 Å². The van der Waals surface area contributed by atoms with Crippen LogP contribution >= 0.6 is 0 Å². The number of rotatable bonds is 6. The lowest BCUT2D eigenvalue weighted by Gasteiger charge is -2.23. The molecule has 0 saturated heterocycles. The first-order chi connectivity index (χ1) is 10.6. The Hall–Kier alpha value is -2.27. The molecule has 5 nitrogen and oxygen atoms in total. The average Bonchev–Trinajstić information content (AvgIpc) is 2.50. The highest BCUT2D eigenvalue weighted by Crippen LogP contribution is 2.12. The number of aliphatic hydroxyl groups is 1. The number of aryl methyl sites for hydroxylation is 2. The van der Waals surface area contributed by atoms with E-state index in [-0.39, 0.29) is 12.5 Å². The third kappa shape index (κ3) is 4.36. The van der Waals surface area contributed by atoms with Crippen molar-refractivity contribution in [2.24, 2.45) is 0 Å². The Bertz CT molecular complexity index is 609. The van der Waals surface area contributed by atoms with E-state index in [1.165, 1.54) is 0 Å². The van der Waals surface area contributed by atoms with Crippen molar-refractivity contribution in [3.63, 3.8) is 0 Å². The second kappa shape index (κ2) is 7.66. The van der Waals surface area contributed by atoms with Gasteiger partial charge < -0.3 is 10.0 Å². The number of carbonyl (C=O) groups is 1. The minimum atomic E-state index is -0.0501. The van der Waals surface area contributed by atoms with Crippen LogP contribution in [-0.4, -0.2) is 39.0 Å². The van der Waals surface area contributed by atoms with Gasteiger partial charge in [-0.1, -0.05) is 6.07 Å². The topological polar surface area (TPSA) is 66.3 Å². The van der Waals surface area contributed by atoms with Gasteiger partial charge in [0, 0.05) is 49.0 Å². The zero-order valence-corrected chi connectivity index (χ0v) is 13.0. The molecule has 0 fully saturated rings. The van der Waals surface area contributed by atoms with Gasteiger partial charge in [-0.05, 0) is 44.0 Å². The van der Waals surface area contributed by atoms with Crippen LogP contribution in [0, 0.1) is 13.8 Å². The van der Waals surface area contributed by atoms with E-state index < -0.39 is 0 Å². The molecular weight excluding hydrogens is 278 g/mol. The van der Waals surface area contributed by atoms with Gasteiger partial charge in [-0.15, -0.1) is 0 Å². The Labute approximate surface area is 130 Å². The molecule has 0 spiro atoms. The van der Waals surface area contributed by atoms with Crippen LogP contribution in [0.2, 0.25) is 0 Å². The predicted octanol–water partition coefficient (Wildman–Crippen LogP) is 2.12. The van der Waals surface area contributed by atoms with Crippen molar-refractivity contribution in [2.45, 2.75) is 26.8 Å². The second-order valence-electron chi connectivity index (χ2n) is 5.30. The highest BCUT2D eigenvalue weighted by Gasteiger charge is 2.17. The van der Waals surface area contributed by atoms with Crippen LogP contribution in [0.25, 0.3) is 0 Å². The van der Waals surface area contributed by atoms with Crippen LogP contribution in [0.5, 0.6) is 0 Å². The summed E-state index contributed by atoms with van der Waals surface area (Å²) in [5.74, 6) is -0.0501. The fourth-order valence-electron chi connectivity index (χ4n) is 2.37. The molecule has 1 N–H and O–H groups in total. The summed E-state index contributed by atoms with van der Waals surface area (Å²) in [5.41, 5.74) is 3.25. The van der Waals surface area contributed by atoms with E-state index >= 15 is 0 Å². The monoisotopic (exact) mass is 299 g/mol. The van der Waals surface area contributed by atoms with Gasteiger partial charge in [0.05, 0.1) is 0 Å². The van der Waals surface area contributed by atoms with Crippen molar-refractivity contribution in [2.75, 3.05) is 13.2 Å². The number of amides is 1. The molecule has 0 saturated carbocycles. The number of hydrogen-bond donors (Lipinski definition) is 1. The van der Waals surface area contributed by atoms with Crippen LogP contribution in [0.15, 0.2) is 36.7 Å². The number of aliphatic hydroxyl groups excluding tert-OH is 1. The third-order valence-corrected chi connectivity index (χ3v) is 3.30. The quantitative estimate of drug-likeness (QED) is 0.887. The summed E-state index contributed by atoms with van der Waals surface area (Å²) in [5, 5.41) is 9.06. The molecule has 22 heavy (non-hydrogen) atoms. The molecule has 0 bridgehead atoms. The lowest BCUT2D eigenvalue weighted by Crippen LogP contribution is -2.32. The van der Waals surface area contributed by atoms with Crippen LogP contribution in [0.4, 0.5) is 0 Å². The largest absolute Gasteiger partial charge is 0.396 e. The molecule has 0 aliphatic rings. The maximum absolute atomic E-state index is 12.8. The Morgan fingerprint density at radius 3 is 2.59 bits per heavy atom. The number of aromatic nitrogens is 2. The highest BCUT2D eigenvalue weighted by atomic mass is 16.3. The van der Waals surface area contributed by atoms with Crippen LogP contribution in [0.1, 0.15) is 33.7 Å². The average molecular weight is 299 g/mol. The maximum atomic E-state index is 12.8. The SMILES string of the molecule is Cc1cc(C(=O)N(CCCO)Cc2cccnc2)cc(C)n1. The molecule has 0 radical (unpaired) electrons. The summed E-state index contributed by atoms with van der Waals surface area (Å²) in [6.45, 7) is 4.80. The fraction of sp³-hybridized carbons (Fsp3) is 0.353. The molecule has 1 amide bonds. The highest BCUT2D eigenvalue weighted by molar-refractivity contribution is 5.94. The Kier molecular flexibility index (Phi) is 5.61. The van der Waals surface area contributed by atoms with Gasteiger partial charge in [-0.2, -0.15) is 0 Å². The van der Waals surface area contributed by atoms with Crippen molar-refractivity contribution in [1.82, 2.24) is 14.9 Å². The molecule has 2 rings (SSSR count). The number of hydrogen-bond acceptors (Lipinski definition) is 4. The first kappa shape index (κ1) is 16.1. The molecule has 2 aromatic heterocycles. The van der Waals surface area contributed by atoms with Crippen molar-refractivity contribution in [3.05, 3.63) is 59.2 Å². The lowest BCUT2D eigenvalue weighted by molar-refractivity contribution is 0.0731. The summed E-state index contributed by atoms with van der Waals surface area (Å²) < 4.78 is 0.